The zero-order valence-corrected chi connectivity index (χ0v) is 14.8. The second-order valence-corrected chi connectivity index (χ2v) is 7.65. The Labute approximate surface area is 134 Å². The minimum Gasteiger partial charge on any atom is -0.481 e. The maximum absolute atomic E-state index is 5.56. The molecule has 1 heterocycles. The standard InChI is InChI=1S/C18H31N3O/c1-6-15-13(17(22-5)21(4)20-15)11-19-16-12-9-7-8-10-14(12)18(16,2)3/h12,14,16,19H,6-11H2,1-5H3/t12-,14+,16?/m1/s1. The summed E-state index contributed by atoms with van der Waals surface area (Å²) < 4.78 is 7.43. The van der Waals surface area contributed by atoms with Crippen LogP contribution in [0.3, 0.4) is 0 Å². The zero-order valence-electron chi connectivity index (χ0n) is 14.8. The van der Waals surface area contributed by atoms with Gasteiger partial charge in [-0.05, 0) is 36.5 Å². The number of ether oxygens (including phenoxy) is 1. The van der Waals surface area contributed by atoms with Crippen molar-refractivity contribution in [3.8, 4) is 5.88 Å². The fourth-order valence-corrected chi connectivity index (χ4v) is 5.10. The van der Waals surface area contributed by atoms with Gasteiger partial charge in [-0.3, -0.25) is 0 Å². The van der Waals surface area contributed by atoms with Gasteiger partial charge in [0.1, 0.15) is 0 Å². The third kappa shape index (κ3) is 2.36. The number of aromatic nitrogens is 2. The van der Waals surface area contributed by atoms with Gasteiger partial charge in [-0.2, -0.15) is 5.10 Å². The van der Waals surface area contributed by atoms with Gasteiger partial charge in [0.25, 0.3) is 0 Å². The summed E-state index contributed by atoms with van der Waals surface area (Å²) in [5.74, 6) is 2.69. The minimum atomic E-state index is 0.424. The summed E-state index contributed by atoms with van der Waals surface area (Å²) in [6, 6.07) is 0.632. The first-order valence-corrected chi connectivity index (χ1v) is 8.82. The van der Waals surface area contributed by atoms with Crippen LogP contribution in [0.2, 0.25) is 0 Å². The SMILES string of the molecule is CCc1nn(C)c(OC)c1CNC1[C@@H]2CCCC[C@@H]2C1(C)C. The lowest BCUT2D eigenvalue weighted by atomic mass is 9.48. The Bertz CT molecular complexity index is 535. The van der Waals surface area contributed by atoms with Crippen LogP contribution in [0.25, 0.3) is 0 Å². The van der Waals surface area contributed by atoms with Crippen LogP contribution < -0.4 is 10.1 Å². The number of nitrogens with zero attached hydrogens (tertiary/aromatic N) is 2. The van der Waals surface area contributed by atoms with Crippen LogP contribution in [0.5, 0.6) is 5.88 Å². The maximum atomic E-state index is 5.56. The number of nitrogens with one attached hydrogen (secondary N) is 1. The predicted octanol–water partition coefficient (Wildman–Crippen LogP) is 3.30. The summed E-state index contributed by atoms with van der Waals surface area (Å²) >= 11 is 0. The number of hydrogen-bond donors (Lipinski definition) is 1. The van der Waals surface area contributed by atoms with Crippen LogP contribution in [0.15, 0.2) is 0 Å². The van der Waals surface area contributed by atoms with E-state index in [1.54, 1.807) is 7.11 Å². The highest BCUT2D eigenvalue weighted by atomic mass is 16.5. The van der Waals surface area contributed by atoms with Gasteiger partial charge in [-0.25, -0.2) is 4.68 Å². The van der Waals surface area contributed by atoms with E-state index in [1.165, 1.54) is 31.2 Å². The van der Waals surface area contributed by atoms with Crippen molar-refractivity contribution in [2.24, 2.45) is 24.3 Å². The lowest BCUT2D eigenvalue weighted by Gasteiger charge is -2.61. The Kier molecular flexibility index (Phi) is 4.23. The van der Waals surface area contributed by atoms with Gasteiger partial charge in [-0.15, -0.1) is 0 Å². The second-order valence-electron chi connectivity index (χ2n) is 7.65. The van der Waals surface area contributed by atoms with E-state index >= 15 is 0 Å². The third-order valence-electron chi connectivity index (χ3n) is 6.20. The topological polar surface area (TPSA) is 39.1 Å². The van der Waals surface area contributed by atoms with Crippen LogP contribution in [0, 0.1) is 17.3 Å². The molecule has 3 atom stereocenters. The minimum absolute atomic E-state index is 0.424. The number of methoxy groups -OCH3 is 1. The summed E-state index contributed by atoms with van der Waals surface area (Å²) in [6.45, 7) is 7.92. The summed E-state index contributed by atoms with van der Waals surface area (Å²) in [6.07, 6.45) is 6.61. The van der Waals surface area contributed by atoms with Gasteiger partial charge in [0.2, 0.25) is 5.88 Å². The molecule has 124 valence electrons. The molecule has 0 bridgehead atoms. The van der Waals surface area contributed by atoms with Gasteiger partial charge in [0, 0.05) is 19.6 Å². The van der Waals surface area contributed by atoms with Crippen molar-refractivity contribution in [3.63, 3.8) is 0 Å². The van der Waals surface area contributed by atoms with Gasteiger partial charge < -0.3 is 10.1 Å². The quantitative estimate of drug-likeness (QED) is 0.907. The first-order chi connectivity index (χ1) is 10.5. The summed E-state index contributed by atoms with van der Waals surface area (Å²) in [4.78, 5) is 0. The average Bonchev–Trinajstić information content (AvgIpc) is 2.82. The molecular weight excluding hydrogens is 274 g/mol. The molecule has 0 amide bonds. The molecule has 1 unspecified atom stereocenters. The summed E-state index contributed by atoms with van der Waals surface area (Å²) in [5, 5.41) is 8.45. The lowest BCUT2D eigenvalue weighted by Crippen LogP contribution is -2.64. The molecule has 4 nitrogen and oxygen atoms in total. The fraction of sp³-hybridized carbons (Fsp3) is 0.833. The molecule has 0 saturated heterocycles. The third-order valence-corrected chi connectivity index (χ3v) is 6.20. The Morgan fingerprint density at radius 1 is 1.32 bits per heavy atom. The molecule has 0 aliphatic heterocycles. The van der Waals surface area contributed by atoms with Crippen molar-refractivity contribution < 1.29 is 4.74 Å². The van der Waals surface area contributed by atoms with Crippen LogP contribution in [0.4, 0.5) is 0 Å². The van der Waals surface area contributed by atoms with Crippen molar-refractivity contribution in [2.45, 2.75) is 65.5 Å². The van der Waals surface area contributed by atoms with Crippen molar-refractivity contribution in [2.75, 3.05) is 7.11 Å². The molecule has 0 aromatic carbocycles. The average molecular weight is 305 g/mol. The smallest absolute Gasteiger partial charge is 0.216 e. The molecule has 0 spiro atoms. The monoisotopic (exact) mass is 305 g/mol. The molecule has 2 aliphatic carbocycles. The molecule has 2 saturated carbocycles. The molecule has 22 heavy (non-hydrogen) atoms. The van der Waals surface area contributed by atoms with Crippen LogP contribution in [0.1, 0.15) is 57.7 Å². The molecule has 2 aliphatic rings. The molecule has 1 N–H and O–H groups in total. The molecule has 4 heteroatoms. The normalized spacial score (nSPS) is 29.8. The highest BCUT2D eigenvalue weighted by molar-refractivity contribution is 5.32. The van der Waals surface area contributed by atoms with E-state index in [4.69, 9.17) is 4.74 Å². The number of rotatable bonds is 5. The van der Waals surface area contributed by atoms with Crippen molar-refractivity contribution in [1.29, 1.82) is 0 Å². The number of aryl methyl sites for hydroxylation is 2. The van der Waals surface area contributed by atoms with Crippen molar-refractivity contribution >= 4 is 0 Å². The lowest BCUT2D eigenvalue weighted by molar-refractivity contribution is -0.0882. The van der Waals surface area contributed by atoms with Gasteiger partial charge in [0.15, 0.2) is 0 Å². The van der Waals surface area contributed by atoms with Gasteiger partial charge in [0.05, 0.1) is 18.4 Å². The van der Waals surface area contributed by atoms with Gasteiger partial charge >= 0.3 is 0 Å². The van der Waals surface area contributed by atoms with E-state index in [0.29, 0.717) is 11.5 Å². The van der Waals surface area contributed by atoms with E-state index in [2.05, 4.69) is 31.2 Å². The number of fused-ring (bicyclic) bond motifs is 1. The van der Waals surface area contributed by atoms with Crippen molar-refractivity contribution in [1.82, 2.24) is 15.1 Å². The summed E-state index contributed by atoms with van der Waals surface area (Å²) in [5.41, 5.74) is 2.82. The predicted molar refractivity (Wildman–Crippen MR) is 89.0 cm³/mol. The summed E-state index contributed by atoms with van der Waals surface area (Å²) in [7, 11) is 3.70. The molecule has 3 rings (SSSR count). The number of hydrogen-bond acceptors (Lipinski definition) is 3. The van der Waals surface area contributed by atoms with E-state index in [-0.39, 0.29) is 0 Å². The Hall–Kier alpha value is -1.03. The van der Waals surface area contributed by atoms with Crippen molar-refractivity contribution in [3.05, 3.63) is 11.3 Å². The zero-order chi connectivity index (χ0) is 15.9. The van der Waals surface area contributed by atoms with E-state index in [0.717, 1.165) is 36.4 Å². The highest BCUT2D eigenvalue weighted by Crippen LogP contribution is 2.57. The molecule has 0 radical (unpaired) electrons. The maximum Gasteiger partial charge on any atom is 0.216 e. The largest absolute Gasteiger partial charge is 0.481 e. The molecule has 1 aromatic heterocycles. The first-order valence-electron chi connectivity index (χ1n) is 8.82. The molecule has 2 fully saturated rings. The second kappa shape index (κ2) is 5.88. The Morgan fingerprint density at radius 2 is 2.05 bits per heavy atom. The van der Waals surface area contributed by atoms with Crippen LogP contribution in [-0.2, 0) is 20.0 Å². The van der Waals surface area contributed by atoms with E-state index in [9.17, 15) is 0 Å². The van der Waals surface area contributed by atoms with Crippen LogP contribution in [-0.4, -0.2) is 22.9 Å². The Morgan fingerprint density at radius 3 is 2.73 bits per heavy atom. The van der Waals surface area contributed by atoms with Gasteiger partial charge in [-0.1, -0.05) is 33.6 Å². The molecule has 1 aromatic rings. The molecular formula is C18H31N3O. The van der Waals surface area contributed by atoms with Crippen LogP contribution >= 0.6 is 0 Å². The first kappa shape index (κ1) is 15.9. The van der Waals surface area contributed by atoms with E-state index in [1.807, 2.05) is 11.7 Å². The fourth-order valence-electron chi connectivity index (χ4n) is 5.10. The highest BCUT2D eigenvalue weighted by Gasteiger charge is 2.55. The van der Waals surface area contributed by atoms with E-state index < -0.39 is 0 Å². The Balaban J connectivity index is 1.73.